The van der Waals surface area contributed by atoms with Crippen LogP contribution >= 0.6 is 23.2 Å². The lowest BCUT2D eigenvalue weighted by atomic mass is 10.1. The highest BCUT2D eigenvalue weighted by atomic mass is 35.5. The van der Waals surface area contributed by atoms with Gasteiger partial charge in [0, 0.05) is 18.6 Å². The number of sulfonamides is 1. The molecule has 0 saturated carbocycles. The van der Waals surface area contributed by atoms with Crippen LogP contribution in [0.25, 0.3) is 0 Å². The second kappa shape index (κ2) is 11.8. The van der Waals surface area contributed by atoms with Gasteiger partial charge in [0.1, 0.15) is 12.6 Å². The maximum atomic E-state index is 13.7. The normalized spacial score (nSPS) is 12.0. The smallest absolute Gasteiger partial charge is 0.264 e. The zero-order chi connectivity index (χ0) is 26.5. The minimum Gasteiger partial charge on any atom is -0.357 e. The number of benzene rings is 3. The lowest BCUT2D eigenvalue weighted by Crippen LogP contribution is -2.50. The molecule has 0 heterocycles. The van der Waals surface area contributed by atoms with E-state index in [2.05, 4.69) is 5.32 Å². The van der Waals surface area contributed by atoms with Crippen molar-refractivity contribution in [3.05, 3.63) is 94.0 Å². The van der Waals surface area contributed by atoms with Gasteiger partial charge < -0.3 is 10.2 Å². The fraction of sp³-hybridized carbons (Fsp3) is 0.231. The maximum Gasteiger partial charge on any atom is 0.264 e. The van der Waals surface area contributed by atoms with E-state index < -0.39 is 28.5 Å². The monoisotopic (exact) mass is 547 g/mol. The summed E-state index contributed by atoms with van der Waals surface area (Å²) in [5, 5.41) is 3.25. The predicted molar refractivity (Wildman–Crippen MR) is 143 cm³/mol. The quantitative estimate of drug-likeness (QED) is 0.422. The number of nitrogens with one attached hydrogen (secondary N) is 1. The minimum atomic E-state index is -4.17. The van der Waals surface area contributed by atoms with Crippen LogP contribution < -0.4 is 9.62 Å². The van der Waals surface area contributed by atoms with E-state index in [-0.39, 0.29) is 28.1 Å². The molecule has 2 amide bonds. The molecule has 0 bridgehead atoms. The number of hydrogen-bond donors (Lipinski definition) is 1. The molecule has 0 spiro atoms. The maximum absolute atomic E-state index is 13.7. The van der Waals surface area contributed by atoms with E-state index in [0.717, 1.165) is 15.4 Å². The Balaban J connectivity index is 2.04. The highest BCUT2D eigenvalue weighted by molar-refractivity contribution is 7.92. The molecule has 36 heavy (non-hydrogen) atoms. The van der Waals surface area contributed by atoms with E-state index in [4.69, 9.17) is 23.2 Å². The molecule has 0 radical (unpaired) electrons. The van der Waals surface area contributed by atoms with Crippen molar-refractivity contribution in [1.29, 1.82) is 0 Å². The highest BCUT2D eigenvalue weighted by Gasteiger charge is 2.33. The Labute approximate surface area is 221 Å². The fourth-order valence-corrected chi connectivity index (χ4v) is 5.43. The number of nitrogens with zero attached hydrogens (tertiary/aromatic N) is 2. The number of para-hydroxylation sites is 1. The Morgan fingerprint density at radius 1 is 0.944 bits per heavy atom. The molecule has 0 aliphatic heterocycles. The van der Waals surface area contributed by atoms with Crippen LogP contribution in [0.1, 0.15) is 18.1 Å². The van der Waals surface area contributed by atoms with Gasteiger partial charge in [0.05, 0.1) is 15.6 Å². The number of hydrogen-bond acceptors (Lipinski definition) is 4. The van der Waals surface area contributed by atoms with Crippen molar-refractivity contribution in [2.75, 3.05) is 17.9 Å². The minimum absolute atomic E-state index is 0.0180. The Hall–Kier alpha value is -3.07. The van der Waals surface area contributed by atoms with Crippen LogP contribution in [-0.4, -0.2) is 44.8 Å². The van der Waals surface area contributed by atoms with E-state index >= 15 is 0 Å². The number of likely N-dealkylation sites (N-methyl/N-ethyl adjacent to an activating group) is 1. The summed E-state index contributed by atoms with van der Waals surface area (Å²) in [6.07, 6.45) is 0. The van der Waals surface area contributed by atoms with Gasteiger partial charge in [0.25, 0.3) is 10.0 Å². The van der Waals surface area contributed by atoms with Crippen LogP contribution in [0.4, 0.5) is 5.69 Å². The average molecular weight is 548 g/mol. The van der Waals surface area contributed by atoms with E-state index in [1.165, 1.54) is 30.1 Å². The SMILES string of the molecule is CNC(=O)[C@@H](C)N(Cc1ccc(Cl)cc1)C(=O)CN(c1ccccc1Cl)S(=O)(=O)c1ccc(C)cc1. The molecule has 0 aromatic heterocycles. The van der Waals surface area contributed by atoms with Gasteiger partial charge in [-0.1, -0.05) is 65.2 Å². The first-order valence-electron chi connectivity index (χ1n) is 11.1. The van der Waals surface area contributed by atoms with E-state index in [1.807, 2.05) is 6.92 Å². The molecule has 3 rings (SSSR count). The summed E-state index contributed by atoms with van der Waals surface area (Å²) in [5.74, 6) is -0.959. The fourth-order valence-electron chi connectivity index (χ4n) is 3.58. The third kappa shape index (κ3) is 6.37. The molecule has 0 unspecified atom stereocenters. The molecule has 0 fully saturated rings. The molecule has 0 saturated heterocycles. The third-order valence-electron chi connectivity index (χ3n) is 5.69. The van der Waals surface area contributed by atoms with Crippen molar-refractivity contribution < 1.29 is 18.0 Å². The second-order valence-corrected chi connectivity index (χ2v) is 10.9. The molecular formula is C26H27Cl2N3O4S. The average Bonchev–Trinajstić information content (AvgIpc) is 2.86. The van der Waals surface area contributed by atoms with E-state index in [9.17, 15) is 18.0 Å². The van der Waals surface area contributed by atoms with Gasteiger partial charge in [0.2, 0.25) is 11.8 Å². The summed E-state index contributed by atoms with van der Waals surface area (Å²) < 4.78 is 28.4. The van der Waals surface area contributed by atoms with Crippen LogP contribution in [0.3, 0.4) is 0 Å². The van der Waals surface area contributed by atoms with Gasteiger partial charge in [-0.2, -0.15) is 0 Å². The summed E-state index contributed by atoms with van der Waals surface area (Å²) in [6, 6.07) is 18.7. The standard InChI is InChI=1S/C26H27Cl2N3O4S/c1-18-8-14-22(15-9-18)36(34,35)31(24-7-5-4-6-23(24)28)17-25(32)30(19(2)26(33)29-3)16-20-10-12-21(27)13-11-20/h4-15,19H,16-17H2,1-3H3,(H,29,33)/t19-/m1/s1. The first-order valence-corrected chi connectivity index (χ1v) is 13.3. The first kappa shape index (κ1) is 27.5. The van der Waals surface area contributed by atoms with Crippen LogP contribution in [-0.2, 0) is 26.2 Å². The van der Waals surface area contributed by atoms with Gasteiger partial charge in [-0.05, 0) is 55.8 Å². The van der Waals surface area contributed by atoms with Crippen molar-refractivity contribution >= 4 is 50.7 Å². The number of aryl methyl sites for hydroxylation is 1. The van der Waals surface area contributed by atoms with Crippen LogP contribution in [0.15, 0.2) is 77.7 Å². The molecule has 7 nitrogen and oxygen atoms in total. The van der Waals surface area contributed by atoms with Gasteiger partial charge in [-0.3, -0.25) is 13.9 Å². The number of anilines is 1. The summed E-state index contributed by atoms with van der Waals surface area (Å²) in [4.78, 5) is 27.5. The largest absolute Gasteiger partial charge is 0.357 e. The van der Waals surface area contributed by atoms with Crippen molar-refractivity contribution in [3.63, 3.8) is 0 Å². The topological polar surface area (TPSA) is 86.8 Å². The molecule has 0 aliphatic rings. The Morgan fingerprint density at radius 2 is 1.56 bits per heavy atom. The van der Waals surface area contributed by atoms with Gasteiger partial charge in [0.15, 0.2) is 0 Å². The molecule has 190 valence electrons. The lowest BCUT2D eigenvalue weighted by molar-refractivity contribution is -0.139. The second-order valence-electron chi connectivity index (χ2n) is 8.21. The highest BCUT2D eigenvalue weighted by Crippen LogP contribution is 2.31. The van der Waals surface area contributed by atoms with Crippen molar-refractivity contribution in [1.82, 2.24) is 10.2 Å². The molecule has 0 aliphatic carbocycles. The van der Waals surface area contributed by atoms with Crippen LogP contribution in [0.5, 0.6) is 0 Å². The Bertz CT molecular complexity index is 1330. The predicted octanol–water partition coefficient (Wildman–Crippen LogP) is 4.66. The Kier molecular flexibility index (Phi) is 9.00. The number of halogens is 2. The molecule has 1 N–H and O–H groups in total. The molecule has 1 atom stereocenters. The zero-order valence-electron chi connectivity index (χ0n) is 20.1. The van der Waals surface area contributed by atoms with Crippen molar-refractivity contribution in [2.45, 2.75) is 31.3 Å². The number of amides is 2. The lowest BCUT2D eigenvalue weighted by Gasteiger charge is -2.32. The summed E-state index contributed by atoms with van der Waals surface area (Å²) in [5.41, 5.74) is 1.78. The van der Waals surface area contributed by atoms with Crippen LogP contribution in [0, 0.1) is 6.92 Å². The van der Waals surface area contributed by atoms with Gasteiger partial charge >= 0.3 is 0 Å². The van der Waals surface area contributed by atoms with Gasteiger partial charge in [-0.15, -0.1) is 0 Å². The third-order valence-corrected chi connectivity index (χ3v) is 8.03. The van der Waals surface area contributed by atoms with E-state index in [0.29, 0.717) is 5.02 Å². The number of rotatable bonds is 9. The van der Waals surface area contributed by atoms with E-state index in [1.54, 1.807) is 61.5 Å². The summed E-state index contributed by atoms with van der Waals surface area (Å²) in [6.45, 7) is 2.95. The molecular weight excluding hydrogens is 521 g/mol. The van der Waals surface area contributed by atoms with Gasteiger partial charge in [-0.25, -0.2) is 8.42 Å². The number of carbonyl (C=O) groups excluding carboxylic acids is 2. The summed E-state index contributed by atoms with van der Waals surface area (Å²) in [7, 11) is -2.69. The Morgan fingerprint density at radius 3 is 2.14 bits per heavy atom. The molecule has 3 aromatic carbocycles. The number of carbonyl (C=O) groups is 2. The van der Waals surface area contributed by atoms with Crippen LogP contribution in [0.2, 0.25) is 10.0 Å². The summed E-state index contributed by atoms with van der Waals surface area (Å²) >= 11 is 12.4. The zero-order valence-corrected chi connectivity index (χ0v) is 22.4. The molecule has 3 aromatic rings. The molecule has 10 heteroatoms. The van der Waals surface area contributed by atoms with Crippen molar-refractivity contribution in [3.8, 4) is 0 Å². The van der Waals surface area contributed by atoms with Crippen molar-refractivity contribution in [2.24, 2.45) is 0 Å². The first-order chi connectivity index (χ1) is 17.0.